The van der Waals surface area contributed by atoms with E-state index >= 15 is 0 Å². The molecule has 104 valence electrons. The Morgan fingerprint density at radius 2 is 2.21 bits per heavy atom. The van der Waals surface area contributed by atoms with Crippen LogP contribution in [0.1, 0.15) is 26.7 Å². The molecule has 5 nitrogen and oxygen atoms in total. The second-order valence-corrected chi connectivity index (χ2v) is 8.19. The van der Waals surface area contributed by atoms with Gasteiger partial charge in [0, 0.05) is 17.1 Å². The number of nitrogens with zero attached hydrogens (tertiary/aromatic N) is 2. The van der Waals surface area contributed by atoms with E-state index in [-0.39, 0.29) is 10.2 Å². The Bertz CT molecular complexity index is 728. The molecule has 19 heavy (non-hydrogen) atoms. The van der Waals surface area contributed by atoms with E-state index < -0.39 is 15.6 Å². The fourth-order valence-corrected chi connectivity index (χ4v) is 5.19. The maximum absolute atomic E-state index is 12.5. The zero-order valence-electron chi connectivity index (χ0n) is 10.6. The quantitative estimate of drug-likeness (QED) is 0.941. The van der Waals surface area contributed by atoms with Crippen LogP contribution in [0.25, 0.3) is 4.96 Å². The number of halogens is 1. The van der Waals surface area contributed by atoms with Gasteiger partial charge in [0.25, 0.3) is 10.0 Å². The second-order valence-electron chi connectivity index (χ2n) is 5.36. The molecule has 0 unspecified atom stereocenters. The fraction of sp³-hybridized carbons (Fsp3) is 0.545. The summed E-state index contributed by atoms with van der Waals surface area (Å²) in [5.41, 5.74) is -0.456. The number of aromatic nitrogens is 2. The lowest BCUT2D eigenvalue weighted by molar-refractivity contribution is 0.399. The fourth-order valence-electron chi connectivity index (χ4n) is 2.26. The first-order valence-corrected chi connectivity index (χ1v) is 8.70. The van der Waals surface area contributed by atoms with Crippen LogP contribution < -0.4 is 4.72 Å². The van der Waals surface area contributed by atoms with Crippen molar-refractivity contribution < 1.29 is 8.42 Å². The summed E-state index contributed by atoms with van der Waals surface area (Å²) in [7, 11) is -3.68. The topological polar surface area (TPSA) is 63.5 Å². The number of sulfonamides is 1. The predicted octanol–water partition coefficient (Wildman–Crippen LogP) is 2.52. The lowest BCUT2D eigenvalue weighted by atomic mass is 10.0. The van der Waals surface area contributed by atoms with E-state index in [1.807, 2.05) is 13.8 Å². The number of hydrogen-bond acceptors (Lipinski definition) is 4. The minimum absolute atomic E-state index is 0.0194. The van der Waals surface area contributed by atoms with Crippen LogP contribution in [-0.2, 0) is 10.0 Å². The lowest BCUT2D eigenvalue weighted by Crippen LogP contribution is -2.45. The number of thiazole rings is 1. The van der Waals surface area contributed by atoms with E-state index in [4.69, 9.17) is 11.6 Å². The average Bonchev–Trinajstić information content (AvgIpc) is 2.94. The highest BCUT2D eigenvalue weighted by Gasteiger charge is 2.41. The van der Waals surface area contributed by atoms with Crippen molar-refractivity contribution >= 4 is 37.9 Å². The lowest BCUT2D eigenvalue weighted by Gasteiger charge is -2.25. The molecular formula is C11H14ClN3O2S2. The molecule has 1 aliphatic rings. The molecule has 1 aliphatic carbocycles. The number of nitrogens with one attached hydrogen (secondary N) is 1. The Hall–Kier alpha value is -0.630. The molecule has 0 amide bonds. The molecule has 0 atom stereocenters. The molecule has 2 aromatic rings. The molecule has 2 aromatic heterocycles. The van der Waals surface area contributed by atoms with Crippen LogP contribution in [0, 0.1) is 5.92 Å². The first kappa shape index (κ1) is 13.4. The molecule has 3 rings (SSSR count). The third-order valence-electron chi connectivity index (χ3n) is 3.43. The van der Waals surface area contributed by atoms with E-state index in [9.17, 15) is 8.42 Å². The van der Waals surface area contributed by atoms with Gasteiger partial charge in [0.2, 0.25) is 0 Å². The molecule has 1 saturated carbocycles. The van der Waals surface area contributed by atoms with Gasteiger partial charge in [0.05, 0.1) is 0 Å². The van der Waals surface area contributed by atoms with Gasteiger partial charge in [-0.15, -0.1) is 11.3 Å². The molecule has 2 heterocycles. The monoisotopic (exact) mass is 319 g/mol. The van der Waals surface area contributed by atoms with E-state index in [0.717, 1.165) is 12.8 Å². The SMILES string of the molecule is CC(C)(NS(=O)(=O)c1c(Cl)nc2sccn12)C1CC1. The van der Waals surface area contributed by atoms with Crippen molar-refractivity contribution in [2.75, 3.05) is 0 Å². The highest BCUT2D eigenvalue weighted by atomic mass is 35.5. The van der Waals surface area contributed by atoms with Crippen LogP contribution in [0.2, 0.25) is 5.15 Å². The van der Waals surface area contributed by atoms with Gasteiger partial charge in [0.15, 0.2) is 15.1 Å². The maximum Gasteiger partial charge on any atom is 0.260 e. The Morgan fingerprint density at radius 3 is 2.84 bits per heavy atom. The van der Waals surface area contributed by atoms with Gasteiger partial charge in [-0.05, 0) is 32.6 Å². The van der Waals surface area contributed by atoms with Crippen molar-refractivity contribution in [1.29, 1.82) is 0 Å². The summed E-state index contributed by atoms with van der Waals surface area (Å²) >= 11 is 7.32. The summed E-state index contributed by atoms with van der Waals surface area (Å²) in [6, 6.07) is 0. The van der Waals surface area contributed by atoms with Crippen LogP contribution >= 0.6 is 22.9 Å². The Morgan fingerprint density at radius 1 is 1.53 bits per heavy atom. The largest absolute Gasteiger partial charge is 0.279 e. The van der Waals surface area contributed by atoms with E-state index in [1.165, 1.54) is 15.7 Å². The third kappa shape index (κ3) is 2.29. The molecule has 0 saturated heterocycles. The number of imidazole rings is 1. The normalized spacial score (nSPS) is 17.2. The minimum atomic E-state index is -3.68. The number of fused-ring (bicyclic) bond motifs is 1. The predicted molar refractivity (Wildman–Crippen MR) is 75.2 cm³/mol. The Labute approximate surface area is 120 Å². The molecule has 0 spiro atoms. The van der Waals surface area contributed by atoms with Crippen LogP contribution in [0.3, 0.4) is 0 Å². The first-order valence-electron chi connectivity index (χ1n) is 5.96. The van der Waals surface area contributed by atoms with Gasteiger partial charge in [-0.2, -0.15) is 0 Å². The molecule has 1 fully saturated rings. The molecule has 0 aromatic carbocycles. The van der Waals surface area contributed by atoms with Gasteiger partial charge < -0.3 is 0 Å². The molecule has 8 heteroatoms. The average molecular weight is 320 g/mol. The van der Waals surface area contributed by atoms with Crippen LogP contribution in [0.4, 0.5) is 0 Å². The molecule has 0 radical (unpaired) electrons. The summed E-state index contributed by atoms with van der Waals surface area (Å²) in [6.45, 7) is 3.81. The highest BCUT2D eigenvalue weighted by Crippen LogP contribution is 2.40. The minimum Gasteiger partial charge on any atom is -0.279 e. The van der Waals surface area contributed by atoms with Gasteiger partial charge in [-0.3, -0.25) is 4.40 Å². The van der Waals surface area contributed by atoms with Crippen molar-refractivity contribution in [2.24, 2.45) is 5.92 Å². The second kappa shape index (κ2) is 4.18. The van der Waals surface area contributed by atoms with E-state index in [1.54, 1.807) is 11.6 Å². The zero-order valence-corrected chi connectivity index (χ0v) is 12.9. The molecule has 1 N–H and O–H groups in total. The summed E-state index contributed by atoms with van der Waals surface area (Å²) < 4.78 is 29.3. The van der Waals surface area contributed by atoms with Crippen LogP contribution in [-0.4, -0.2) is 23.3 Å². The summed E-state index contributed by atoms with van der Waals surface area (Å²) in [5, 5.41) is 1.83. The van der Waals surface area contributed by atoms with Gasteiger partial charge in [-0.25, -0.2) is 18.1 Å². The maximum atomic E-state index is 12.5. The molecule has 0 bridgehead atoms. The summed E-state index contributed by atoms with van der Waals surface area (Å²) in [4.78, 5) is 4.64. The number of hydrogen-bond donors (Lipinski definition) is 1. The van der Waals surface area contributed by atoms with Crippen molar-refractivity contribution in [3.63, 3.8) is 0 Å². The van der Waals surface area contributed by atoms with Crippen molar-refractivity contribution in [3.8, 4) is 0 Å². The van der Waals surface area contributed by atoms with Crippen LogP contribution in [0.5, 0.6) is 0 Å². The van der Waals surface area contributed by atoms with E-state index in [2.05, 4.69) is 9.71 Å². The summed E-state index contributed by atoms with van der Waals surface area (Å²) in [5.74, 6) is 0.395. The highest BCUT2D eigenvalue weighted by molar-refractivity contribution is 7.89. The van der Waals surface area contributed by atoms with Crippen molar-refractivity contribution in [2.45, 2.75) is 37.3 Å². The molecule has 0 aliphatic heterocycles. The van der Waals surface area contributed by atoms with E-state index in [0.29, 0.717) is 10.9 Å². The van der Waals surface area contributed by atoms with Gasteiger partial charge in [-0.1, -0.05) is 11.6 Å². The van der Waals surface area contributed by atoms with Crippen molar-refractivity contribution in [1.82, 2.24) is 14.1 Å². The van der Waals surface area contributed by atoms with Crippen molar-refractivity contribution in [3.05, 3.63) is 16.7 Å². The zero-order chi connectivity index (χ0) is 13.8. The van der Waals surface area contributed by atoms with Gasteiger partial charge in [0.1, 0.15) is 0 Å². The molecular weight excluding hydrogens is 306 g/mol. The standard InChI is InChI=1S/C11H14ClN3O2S2/c1-11(2,7-3-4-7)14-19(16,17)9-8(12)13-10-15(9)5-6-18-10/h5-7,14H,3-4H2,1-2H3. The Kier molecular flexibility index (Phi) is 2.94. The Balaban J connectivity index is 2.04. The first-order chi connectivity index (χ1) is 8.81. The number of rotatable bonds is 4. The third-order valence-corrected chi connectivity index (χ3v) is 6.25. The van der Waals surface area contributed by atoms with Gasteiger partial charge >= 0.3 is 0 Å². The smallest absolute Gasteiger partial charge is 0.260 e. The summed E-state index contributed by atoms with van der Waals surface area (Å²) in [6.07, 6.45) is 3.78. The van der Waals surface area contributed by atoms with Crippen LogP contribution in [0.15, 0.2) is 16.6 Å².